The van der Waals surface area contributed by atoms with E-state index in [1.807, 2.05) is 82.3 Å². The van der Waals surface area contributed by atoms with Crippen LogP contribution < -0.4 is 0 Å². The van der Waals surface area contributed by atoms with Crippen LogP contribution in [0.4, 0.5) is 0 Å². The van der Waals surface area contributed by atoms with E-state index in [9.17, 15) is 9.90 Å². The van der Waals surface area contributed by atoms with Crippen molar-refractivity contribution in [2.75, 3.05) is 0 Å². The van der Waals surface area contributed by atoms with Crippen LogP contribution in [0.3, 0.4) is 0 Å². The van der Waals surface area contributed by atoms with Crippen molar-refractivity contribution >= 4 is 13.1 Å². The molecule has 0 aliphatic carbocycles. The van der Waals surface area contributed by atoms with Crippen LogP contribution in [0, 0.1) is 0 Å². The second-order valence-corrected chi connectivity index (χ2v) is 7.78. The Morgan fingerprint density at radius 3 is 2.08 bits per heavy atom. The van der Waals surface area contributed by atoms with E-state index in [0.29, 0.717) is 0 Å². The Hall–Kier alpha value is -2.11. The van der Waals surface area contributed by atoms with Crippen molar-refractivity contribution in [3.05, 3.63) is 60.2 Å². The van der Waals surface area contributed by atoms with Crippen molar-refractivity contribution in [2.45, 2.75) is 51.1 Å². The average Bonchev–Trinajstić information content (AvgIpc) is 2.81. The number of carboxylic acids is 1. The van der Waals surface area contributed by atoms with Gasteiger partial charge in [0.25, 0.3) is 0 Å². The molecule has 0 spiro atoms. The highest BCUT2D eigenvalue weighted by molar-refractivity contribution is 6.48. The molecule has 0 radical (unpaired) electrons. The zero-order valence-corrected chi connectivity index (χ0v) is 15.7. The predicted octanol–water partition coefficient (Wildman–Crippen LogP) is 4.54. The molecule has 0 aromatic heterocycles. The fourth-order valence-corrected chi connectivity index (χ4v) is 3.29. The fraction of sp³-hybridized carbons (Fsp3) is 0.381. The highest BCUT2D eigenvalue weighted by Gasteiger charge is 2.54. The Balaban J connectivity index is 2.04. The molecular formula is C21H25BO4. The van der Waals surface area contributed by atoms with Crippen LogP contribution in [-0.2, 0) is 14.1 Å². The van der Waals surface area contributed by atoms with E-state index in [1.165, 1.54) is 0 Å². The minimum Gasteiger partial charge on any atom is -0.481 e. The molecule has 4 nitrogen and oxygen atoms in total. The Morgan fingerprint density at radius 2 is 1.50 bits per heavy atom. The molecule has 0 bridgehead atoms. The van der Waals surface area contributed by atoms with E-state index in [0.717, 1.165) is 16.7 Å². The molecular weight excluding hydrogens is 327 g/mol. The maximum atomic E-state index is 11.6. The van der Waals surface area contributed by atoms with Gasteiger partial charge in [0.1, 0.15) is 0 Å². The van der Waals surface area contributed by atoms with Crippen LogP contribution in [0.2, 0.25) is 0 Å². The SMILES string of the molecule is CC1(C)OB(C(CC(=O)O)c2ccccc2-c2ccccc2)OC1(C)C. The van der Waals surface area contributed by atoms with Gasteiger partial charge in [-0.2, -0.15) is 0 Å². The third-order valence-corrected chi connectivity index (χ3v) is 5.44. The van der Waals surface area contributed by atoms with E-state index >= 15 is 0 Å². The van der Waals surface area contributed by atoms with E-state index < -0.39 is 30.1 Å². The molecule has 2 aromatic carbocycles. The maximum absolute atomic E-state index is 11.6. The highest BCUT2D eigenvalue weighted by atomic mass is 16.7. The summed E-state index contributed by atoms with van der Waals surface area (Å²) in [5.74, 6) is -1.27. The first kappa shape index (κ1) is 18.7. The smallest absolute Gasteiger partial charge is 0.466 e. The number of hydrogen-bond acceptors (Lipinski definition) is 3. The van der Waals surface area contributed by atoms with Crippen LogP contribution in [0.25, 0.3) is 11.1 Å². The van der Waals surface area contributed by atoms with Gasteiger partial charge in [-0.3, -0.25) is 4.79 Å². The lowest BCUT2D eigenvalue weighted by molar-refractivity contribution is -0.137. The summed E-state index contributed by atoms with van der Waals surface area (Å²) < 4.78 is 12.4. The molecule has 0 saturated carbocycles. The van der Waals surface area contributed by atoms with Crippen LogP contribution in [0.5, 0.6) is 0 Å². The number of rotatable bonds is 5. The molecule has 1 atom stereocenters. The van der Waals surface area contributed by atoms with E-state index in [-0.39, 0.29) is 6.42 Å². The summed E-state index contributed by atoms with van der Waals surface area (Å²) in [5, 5.41) is 9.52. The summed E-state index contributed by atoms with van der Waals surface area (Å²) in [7, 11) is -0.610. The van der Waals surface area contributed by atoms with Gasteiger partial charge in [0.2, 0.25) is 0 Å². The van der Waals surface area contributed by atoms with E-state index in [1.54, 1.807) is 0 Å². The Morgan fingerprint density at radius 1 is 0.962 bits per heavy atom. The molecule has 2 aromatic rings. The summed E-state index contributed by atoms with van der Waals surface area (Å²) in [6.45, 7) is 7.92. The number of carbonyl (C=O) groups is 1. The molecule has 1 heterocycles. The van der Waals surface area contributed by atoms with Gasteiger partial charge in [0, 0.05) is 5.82 Å². The third kappa shape index (κ3) is 3.55. The second-order valence-electron chi connectivity index (χ2n) is 7.78. The molecule has 3 rings (SSSR count). The number of hydrogen-bond donors (Lipinski definition) is 1. The van der Waals surface area contributed by atoms with Gasteiger partial charge in [-0.15, -0.1) is 0 Å². The van der Waals surface area contributed by atoms with Crippen LogP contribution in [0.15, 0.2) is 54.6 Å². The van der Waals surface area contributed by atoms with Crippen molar-refractivity contribution < 1.29 is 19.2 Å². The largest absolute Gasteiger partial charge is 0.481 e. The normalized spacial score (nSPS) is 19.3. The summed E-state index contributed by atoms with van der Waals surface area (Å²) in [4.78, 5) is 11.6. The molecule has 1 N–H and O–H groups in total. The minimum absolute atomic E-state index is 0.0549. The average molecular weight is 352 g/mol. The molecule has 1 aliphatic rings. The first-order valence-corrected chi connectivity index (χ1v) is 8.93. The lowest BCUT2D eigenvalue weighted by Crippen LogP contribution is -2.41. The van der Waals surface area contributed by atoms with E-state index in [4.69, 9.17) is 9.31 Å². The quantitative estimate of drug-likeness (QED) is 0.803. The third-order valence-electron chi connectivity index (χ3n) is 5.44. The number of carboxylic acid groups (broad SMARTS) is 1. The lowest BCUT2D eigenvalue weighted by atomic mass is 9.64. The fourth-order valence-electron chi connectivity index (χ4n) is 3.29. The van der Waals surface area contributed by atoms with Gasteiger partial charge >= 0.3 is 13.1 Å². The minimum atomic E-state index is -0.868. The molecule has 1 fully saturated rings. The molecule has 5 heteroatoms. The first-order valence-electron chi connectivity index (χ1n) is 8.93. The van der Waals surface area contributed by atoms with Crippen LogP contribution in [-0.4, -0.2) is 29.4 Å². The molecule has 1 aliphatic heterocycles. The predicted molar refractivity (Wildman–Crippen MR) is 103 cm³/mol. The first-order chi connectivity index (χ1) is 12.2. The second kappa shape index (κ2) is 6.90. The van der Waals surface area contributed by atoms with Crippen LogP contribution in [0.1, 0.15) is 45.5 Å². The summed E-state index contributed by atoms with van der Waals surface area (Å²) in [6.07, 6.45) is -0.0549. The van der Waals surface area contributed by atoms with Crippen molar-refractivity contribution in [3.63, 3.8) is 0 Å². The number of aliphatic carboxylic acids is 1. The highest BCUT2D eigenvalue weighted by Crippen LogP contribution is 2.43. The Labute approximate surface area is 155 Å². The summed E-state index contributed by atoms with van der Waals surface area (Å²) in [5.41, 5.74) is 1.98. The van der Waals surface area contributed by atoms with Gasteiger partial charge < -0.3 is 14.4 Å². The summed E-state index contributed by atoms with van der Waals surface area (Å²) in [6, 6.07) is 17.9. The van der Waals surface area contributed by atoms with Gasteiger partial charge in [-0.1, -0.05) is 54.6 Å². The summed E-state index contributed by atoms with van der Waals surface area (Å²) >= 11 is 0. The molecule has 0 amide bonds. The van der Waals surface area contributed by atoms with Crippen molar-refractivity contribution in [3.8, 4) is 11.1 Å². The monoisotopic (exact) mass is 352 g/mol. The van der Waals surface area contributed by atoms with Crippen molar-refractivity contribution in [2.24, 2.45) is 0 Å². The van der Waals surface area contributed by atoms with Crippen molar-refractivity contribution in [1.29, 1.82) is 0 Å². The Kier molecular flexibility index (Phi) is 4.95. The molecule has 1 unspecified atom stereocenters. The molecule has 26 heavy (non-hydrogen) atoms. The van der Waals surface area contributed by atoms with Crippen molar-refractivity contribution in [1.82, 2.24) is 0 Å². The standard InChI is InChI=1S/C21H25BO4/c1-20(2)21(3,4)26-22(25-20)18(14-19(23)24)17-13-9-8-12-16(17)15-10-6-5-7-11-15/h5-13,18H,14H2,1-4H3,(H,23,24). The molecule has 136 valence electrons. The van der Waals surface area contributed by atoms with Gasteiger partial charge in [0.15, 0.2) is 0 Å². The number of benzene rings is 2. The van der Waals surface area contributed by atoms with E-state index in [2.05, 4.69) is 0 Å². The zero-order valence-electron chi connectivity index (χ0n) is 15.7. The maximum Gasteiger partial charge on any atom is 0.466 e. The zero-order chi connectivity index (χ0) is 18.9. The Bertz CT molecular complexity index is 770. The lowest BCUT2D eigenvalue weighted by Gasteiger charge is -2.32. The van der Waals surface area contributed by atoms with Gasteiger partial charge in [0.05, 0.1) is 17.6 Å². The van der Waals surface area contributed by atoms with Gasteiger partial charge in [-0.05, 0) is 44.4 Å². The topological polar surface area (TPSA) is 55.8 Å². The van der Waals surface area contributed by atoms with Crippen LogP contribution >= 0.6 is 0 Å². The van der Waals surface area contributed by atoms with Gasteiger partial charge in [-0.25, -0.2) is 0 Å². The molecule has 1 saturated heterocycles.